The normalized spacial score (nSPS) is 11.0. The Balaban J connectivity index is 1.66. The molecule has 6 nitrogen and oxygen atoms in total. The first-order chi connectivity index (χ1) is 15.1. The summed E-state index contributed by atoms with van der Waals surface area (Å²) in [5.74, 6) is -0.177. The molecule has 0 saturated carbocycles. The fourth-order valence-corrected chi connectivity index (χ4v) is 4.60. The van der Waals surface area contributed by atoms with Crippen LogP contribution in [0.25, 0.3) is 32.2 Å². The van der Waals surface area contributed by atoms with E-state index in [1.807, 2.05) is 12.1 Å². The van der Waals surface area contributed by atoms with E-state index in [0.717, 1.165) is 27.8 Å². The number of carbonyl (C=O) groups is 1. The number of rotatable bonds is 4. The third kappa shape index (κ3) is 3.49. The van der Waals surface area contributed by atoms with Crippen LogP contribution in [-0.4, -0.2) is 27.9 Å². The van der Waals surface area contributed by atoms with Crippen LogP contribution in [0.15, 0.2) is 66.6 Å². The van der Waals surface area contributed by atoms with Crippen LogP contribution in [0, 0.1) is 6.92 Å². The summed E-state index contributed by atoms with van der Waals surface area (Å²) in [6.45, 7) is 2.13. The van der Waals surface area contributed by atoms with Gasteiger partial charge in [-0.1, -0.05) is 6.07 Å². The quantitative estimate of drug-likeness (QED) is 0.407. The maximum Gasteiger partial charge on any atom is 0.253 e. The van der Waals surface area contributed by atoms with Crippen molar-refractivity contribution in [1.82, 2.24) is 20.3 Å². The van der Waals surface area contributed by atoms with Gasteiger partial charge in [0.1, 0.15) is 0 Å². The lowest BCUT2D eigenvalue weighted by Crippen LogP contribution is -2.19. The summed E-state index contributed by atoms with van der Waals surface area (Å²) in [5, 5.41) is 9.43. The van der Waals surface area contributed by atoms with Gasteiger partial charge in [-0.25, -0.2) is 0 Å². The highest BCUT2D eigenvalue weighted by molar-refractivity contribution is 7.17. The molecule has 0 saturated heterocycles. The number of aromatic nitrogens is 3. The van der Waals surface area contributed by atoms with E-state index in [4.69, 9.17) is 0 Å². The molecule has 0 aliphatic carbocycles. The Morgan fingerprint density at radius 3 is 2.77 bits per heavy atom. The number of pyridine rings is 1. The van der Waals surface area contributed by atoms with Crippen molar-refractivity contribution in [2.45, 2.75) is 6.92 Å². The van der Waals surface area contributed by atoms with Crippen LogP contribution in [0.3, 0.4) is 0 Å². The zero-order valence-electron chi connectivity index (χ0n) is 17.0. The Hall–Kier alpha value is -3.84. The van der Waals surface area contributed by atoms with Crippen LogP contribution in [-0.2, 0) is 0 Å². The molecule has 5 aromatic rings. The fourth-order valence-electron chi connectivity index (χ4n) is 3.67. The number of benzene rings is 2. The van der Waals surface area contributed by atoms with Crippen molar-refractivity contribution in [3.8, 4) is 11.1 Å². The van der Waals surface area contributed by atoms with Crippen LogP contribution in [0.4, 0.5) is 11.4 Å². The van der Waals surface area contributed by atoms with Gasteiger partial charge in [-0.2, -0.15) is 0 Å². The smallest absolute Gasteiger partial charge is 0.253 e. The first-order valence-corrected chi connectivity index (χ1v) is 10.7. The summed E-state index contributed by atoms with van der Waals surface area (Å²) in [5.41, 5.74) is 6.87. The predicted octanol–water partition coefficient (Wildman–Crippen LogP) is 5.32. The van der Waals surface area contributed by atoms with E-state index >= 15 is 0 Å². The van der Waals surface area contributed by atoms with Gasteiger partial charge in [0.25, 0.3) is 5.91 Å². The fraction of sp³-hybridized carbons (Fsp3) is 0.0833. The second-order valence-corrected chi connectivity index (χ2v) is 8.11. The van der Waals surface area contributed by atoms with E-state index in [9.17, 15) is 4.79 Å². The molecule has 5 rings (SSSR count). The number of aryl methyl sites for hydroxylation is 1. The van der Waals surface area contributed by atoms with Gasteiger partial charge >= 0.3 is 0 Å². The second kappa shape index (κ2) is 7.77. The molecule has 3 aromatic heterocycles. The highest BCUT2D eigenvalue weighted by Crippen LogP contribution is 2.35. The average Bonchev–Trinajstić information content (AvgIpc) is 3.18. The minimum absolute atomic E-state index is 0.177. The Morgan fingerprint density at radius 1 is 1.03 bits per heavy atom. The van der Waals surface area contributed by atoms with E-state index in [1.165, 1.54) is 15.6 Å². The lowest BCUT2D eigenvalue weighted by molar-refractivity contribution is 0.0964. The second-order valence-electron chi connectivity index (χ2n) is 7.20. The maximum atomic E-state index is 12.3. The number of thiophene rings is 1. The number of carbonyl (C=O) groups excluding carboxylic acids is 1. The van der Waals surface area contributed by atoms with Crippen molar-refractivity contribution in [2.24, 2.45) is 0 Å². The molecule has 2 aromatic carbocycles. The summed E-state index contributed by atoms with van der Waals surface area (Å²) < 4.78 is 1.26. The molecular weight excluding hydrogens is 406 g/mol. The zero-order valence-corrected chi connectivity index (χ0v) is 17.8. The summed E-state index contributed by atoms with van der Waals surface area (Å²) in [6.07, 6.45) is 6.64. The standard InChI is InChI=1S/C24H19N5OS/c1-14-13-31-22-4-3-15(9-18(14)22)19-10-16(11-20-23(19)28-8-7-27-20)29-21-12-26-6-5-17(21)24(30)25-2/h3-13,29H,1-2H3,(H,25,30). The summed E-state index contributed by atoms with van der Waals surface area (Å²) >= 11 is 1.75. The first kappa shape index (κ1) is 19.1. The lowest BCUT2D eigenvalue weighted by atomic mass is 10.0. The lowest BCUT2D eigenvalue weighted by Gasteiger charge is -2.13. The highest BCUT2D eigenvalue weighted by atomic mass is 32.1. The molecule has 0 atom stereocenters. The number of amides is 1. The average molecular weight is 426 g/mol. The molecule has 31 heavy (non-hydrogen) atoms. The molecule has 2 N–H and O–H groups in total. The SMILES string of the molecule is CNC(=O)c1ccncc1Nc1cc(-c2ccc3scc(C)c3c2)c2nccnc2c1. The first-order valence-electron chi connectivity index (χ1n) is 9.80. The monoisotopic (exact) mass is 425 g/mol. The Bertz CT molecular complexity index is 1440. The molecule has 0 aliphatic rings. The van der Waals surface area contributed by atoms with Crippen molar-refractivity contribution in [3.05, 3.63) is 77.7 Å². The number of hydrogen-bond acceptors (Lipinski definition) is 6. The number of anilines is 2. The van der Waals surface area contributed by atoms with Gasteiger partial charge in [0.05, 0.1) is 28.5 Å². The van der Waals surface area contributed by atoms with Gasteiger partial charge in [0.15, 0.2) is 0 Å². The minimum atomic E-state index is -0.177. The molecular formula is C24H19N5OS. The van der Waals surface area contributed by atoms with Gasteiger partial charge in [-0.05, 0) is 59.1 Å². The van der Waals surface area contributed by atoms with E-state index in [1.54, 1.807) is 49.2 Å². The van der Waals surface area contributed by atoms with Crippen LogP contribution in [0.5, 0.6) is 0 Å². The molecule has 152 valence electrons. The van der Waals surface area contributed by atoms with Crippen LogP contribution in [0.1, 0.15) is 15.9 Å². The van der Waals surface area contributed by atoms with Gasteiger partial charge in [-0.3, -0.25) is 19.7 Å². The molecule has 0 unspecified atom stereocenters. The molecule has 1 amide bonds. The molecule has 0 aliphatic heterocycles. The van der Waals surface area contributed by atoms with Gasteiger partial charge < -0.3 is 10.6 Å². The maximum absolute atomic E-state index is 12.3. The summed E-state index contributed by atoms with van der Waals surface area (Å²) in [6, 6.07) is 12.1. The number of nitrogens with zero attached hydrogens (tertiary/aromatic N) is 3. The topological polar surface area (TPSA) is 79.8 Å². The van der Waals surface area contributed by atoms with E-state index < -0.39 is 0 Å². The van der Waals surface area contributed by atoms with Crippen molar-refractivity contribution < 1.29 is 4.79 Å². The van der Waals surface area contributed by atoms with Gasteiger partial charge in [0, 0.05) is 41.6 Å². The van der Waals surface area contributed by atoms with Crippen molar-refractivity contribution in [2.75, 3.05) is 12.4 Å². The Labute approximate surface area is 183 Å². The number of nitrogens with one attached hydrogen (secondary N) is 2. The minimum Gasteiger partial charge on any atom is -0.355 e. The molecule has 0 bridgehead atoms. The van der Waals surface area contributed by atoms with Crippen molar-refractivity contribution in [1.29, 1.82) is 0 Å². The molecule has 0 fully saturated rings. The third-order valence-electron chi connectivity index (χ3n) is 5.22. The van der Waals surface area contributed by atoms with Gasteiger partial charge in [-0.15, -0.1) is 11.3 Å². The Morgan fingerprint density at radius 2 is 1.90 bits per heavy atom. The number of fused-ring (bicyclic) bond motifs is 2. The summed E-state index contributed by atoms with van der Waals surface area (Å²) in [4.78, 5) is 25.5. The predicted molar refractivity (Wildman–Crippen MR) is 126 cm³/mol. The summed E-state index contributed by atoms with van der Waals surface area (Å²) in [7, 11) is 1.61. The molecule has 3 heterocycles. The highest BCUT2D eigenvalue weighted by Gasteiger charge is 2.14. The third-order valence-corrected chi connectivity index (χ3v) is 6.30. The molecule has 0 radical (unpaired) electrons. The molecule has 7 heteroatoms. The molecule has 0 spiro atoms. The van der Waals surface area contributed by atoms with E-state index in [-0.39, 0.29) is 5.91 Å². The van der Waals surface area contributed by atoms with E-state index in [2.05, 4.69) is 56.1 Å². The van der Waals surface area contributed by atoms with Crippen LogP contribution in [0.2, 0.25) is 0 Å². The van der Waals surface area contributed by atoms with Crippen molar-refractivity contribution >= 4 is 49.7 Å². The van der Waals surface area contributed by atoms with E-state index in [0.29, 0.717) is 11.3 Å². The number of hydrogen-bond donors (Lipinski definition) is 2. The Kier molecular flexibility index (Phi) is 4.80. The van der Waals surface area contributed by atoms with Crippen LogP contribution < -0.4 is 10.6 Å². The van der Waals surface area contributed by atoms with Crippen molar-refractivity contribution in [3.63, 3.8) is 0 Å². The van der Waals surface area contributed by atoms with Gasteiger partial charge in [0.2, 0.25) is 0 Å². The largest absolute Gasteiger partial charge is 0.355 e. The zero-order chi connectivity index (χ0) is 21.4. The van der Waals surface area contributed by atoms with Crippen LogP contribution >= 0.6 is 11.3 Å².